The first kappa shape index (κ1) is 11.9. The molecule has 0 bridgehead atoms. The summed E-state index contributed by atoms with van der Waals surface area (Å²) in [5, 5.41) is 3.47. The van der Waals surface area contributed by atoms with E-state index < -0.39 is 0 Å². The lowest BCUT2D eigenvalue weighted by molar-refractivity contribution is -0.177. The number of aromatic nitrogens is 2. The van der Waals surface area contributed by atoms with Gasteiger partial charge in [-0.1, -0.05) is 0 Å². The minimum Gasteiger partial charge on any atom is -0.367 e. The fraction of sp³-hybridized carbons (Fsp3) is 0.692. The van der Waals surface area contributed by atoms with E-state index in [9.17, 15) is 0 Å². The van der Waals surface area contributed by atoms with Crippen molar-refractivity contribution in [3.8, 4) is 0 Å². The number of rotatable bonds is 2. The van der Waals surface area contributed by atoms with E-state index in [0.717, 1.165) is 50.5 Å². The zero-order valence-electron chi connectivity index (χ0n) is 10.7. The number of hydrogen-bond donors (Lipinski definition) is 1. The van der Waals surface area contributed by atoms with Gasteiger partial charge in [0.2, 0.25) is 0 Å². The Balaban J connectivity index is 1.57. The quantitative estimate of drug-likeness (QED) is 0.867. The van der Waals surface area contributed by atoms with Gasteiger partial charge in [-0.25, -0.2) is 9.97 Å². The van der Waals surface area contributed by atoms with Crippen LogP contribution in [0.2, 0.25) is 0 Å². The molecule has 2 fully saturated rings. The van der Waals surface area contributed by atoms with Crippen LogP contribution in [0, 0.1) is 6.92 Å². The van der Waals surface area contributed by atoms with Gasteiger partial charge in [-0.2, -0.15) is 0 Å². The van der Waals surface area contributed by atoms with Crippen LogP contribution in [0.1, 0.15) is 31.5 Å². The standard InChI is InChI=1S/C13H19N3O2/c1-10-14-7-4-12(15-10)16-11-2-5-13(6-3-11)17-8-9-18-13/h4,7,11H,2-3,5-6,8-9H2,1H3,(H,14,15,16). The molecule has 1 spiro atoms. The third kappa shape index (κ3) is 2.47. The minimum atomic E-state index is -0.278. The summed E-state index contributed by atoms with van der Waals surface area (Å²) in [5.74, 6) is 1.44. The van der Waals surface area contributed by atoms with E-state index >= 15 is 0 Å². The zero-order valence-corrected chi connectivity index (χ0v) is 10.7. The molecule has 1 saturated heterocycles. The third-order valence-electron chi connectivity index (χ3n) is 3.69. The van der Waals surface area contributed by atoms with Crippen LogP contribution in [0.3, 0.4) is 0 Å². The first-order valence-corrected chi connectivity index (χ1v) is 6.60. The molecular formula is C13H19N3O2. The van der Waals surface area contributed by atoms with Crippen LogP contribution in [0.4, 0.5) is 5.82 Å². The van der Waals surface area contributed by atoms with Crippen molar-refractivity contribution in [3.05, 3.63) is 18.1 Å². The Morgan fingerprint density at radius 1 is 1.28 bits per heavy atom. The van der Waals surface area contributed by atoms with Gasteiger partial charge in [0.25, 0.3) is 0 Å². The molecule has 5 heteroatoms. The highest BCUT2D eigenvalue weighted by molar-refractivity contribution is 5.34. The van der Waals surface area contributed by atoms with Crippen molar-refractivity contribution in [3.63, 3.8) is 0 Å². The molecule has 1 aliphatic heterocycles. The van der Waals surface area contributed by atoms with Crippen LogP contribution in [-0.2, 0) is 9.47 Å². The molecule has 1 N–H and O–H groups in total. The fourth-order valence-corrected chi connectivity index (χ4v) is 2.73. The Morgan fingerprint density at radius 3 is 2.67 bits per heavy atom. The SMILES string of the molecule is Cc1nccc(NC2CCC3(CC2)OCCO3)n1. The van der Waals surface area contributed by atoms with Gasteiger partial charge in [0.15, 0.2) is 5.79 Å². The highest BCUT2D eigenvalue weighted by atomic mass is 16.7. The molecule has 0 aromatic carbocycles. The highest BCUT2D eigenvalue weighted by Crippen LogP contribution is 2.36. The summed E-state index contributed by atoms with van der Waals surface area (Å²) in [6.45, 7) is 3.38. The van der Waals surface area contributed by atoms with Crippen LogP contribution >= 0.6 is 0 Å². The molecule has 2 heterocycles. The van der Waals surface area contributed by atoms with E-state index in [-0.39, 0.29) is 5.79 Å². The van der Waals surface area contributed by atoms with Crippen molar-refractivity contribution >= 4 is 5.82 Å². The van der Waals surface area contributed by atoms with E-state index in [4.69, 9.17) is 9.47 Å². The Morgan fingerprint density at radius 2 is 2.00 bits per heavy atom. The van der Waals surface area contributed by atoms with Gasteiger partial charge in [0.1, 0.15) is 11.6 Å². The van der Waals surface area contributed by atoms with Crippen molar-refractivity contribution in [1.82, 2.24) is 9.97 Å². The molecule has 0 radical (unpaired) electrons. The van der Waals surface area contributed by atoms with E-state index in [1.165, 1.54) is 0 Å². The Hall–Kier alpha value is -1.20. The molecular weight excluding hydrogens is 230 g/mol. The Labute approximate surface area is 107 Å². The van der Waals surface area contributed by atoms with Crippen LogP contribution in [0.5, 0.6) is 0 Å². The van der Waals surface area contributed by atoms with Crippen molar-refractivity contribution in [2.45, 2.75) is 44.4 Å². The second-order valence-corrected chi connectivity index (χ2v) is 5.02. The molecule has 0 atom stereocenters. The van der Waals surface area contributed by atoms with Gasteiger partial charge in [-0.05, 0) is 25.8 Å². The van der Waals surface area contributed by atoms with E-state index in [0.29, 0.717) is 6.04 Å². The molecule has 98 valence electrons. The maximum atomic E-state index is 5.72. The minimum absolute atomic E-state index is 0.278. The number of nitrogens with zero attached hydrogens (tertiary/aromatic N) is 2. The summed E-state index contributed by atoms with van der Waals surface area (Å²) < 4.78 is 11.4. The lowest BCUT2D eigenvalue weighted by Crippen LogP contribution is -2.39. The lowest BCUT2D eigenvalue weighted by Gasteiger charge is -2.35. The van der Waals surface area contributed by atoms with Crippen molar-refractivity contribution in [2.75, 3.05) is 18.5 Å². The summed E-state index contributed by atoms with van der Waals surface area (Å²) in [5.41, 5.74) is 0. The average molecular weight is 249 g/mol. The lowest BCUT2D eigenvalue weighted by atomic mass is 9.90. The molecule has 0 unspecified atom stereocenters. The van der Waals surface area contributed by atoms with Crippen LogP contribution < -0.4 is 5.32 Å². The van der Waals surface area contributed by atoms with Gasteiger partial charge < -0.3 is 14.8 Å². The molecule has 1 aromatic rings. The first-order chi connectivity index (χ1) is 8.76. The molecule has 5 nitrogen and oxygen atoms in total. The number of aryl methyl sites for hydroxylation is 1. The molecule has 1 aliphatic carbocycles. The maximum Gasteiger partial charge on any atom is 0.168 e. The average Bonchev–Trinajstić information content (AvgIpc) is 2.81. The summed E-state index contributed by atoms with van der Waals surface area (Å²) in [6, 6.07) is 2.37. The predicted octanol–water partition coefficient (Wildman–Crippen LogP) is 1.88. The fourth-order valence-electron chi connectivity index (χ4n) is 2.73. The van der Waals surface area contributed by atoms with Gasteiger partial charge >= 0.3 is 0 Å². The first-order valence-electron chi connectivity index (χ1n) is 6.60. The second kappa shape index (κ2) is 4.82. The summed E-state index contributed by atoms with van der Waals surface area (Å²) in [7, 11) is 0. The van der Waals surface area contributed by atoms with E-state index in [1.54, 1.807) is 6.20 Å². The van der Waals surface area contributed by atoms with Gasteiger partial charge in [0, 0.05) is 25.1 Å². The maximum absolute atomic E-state index is 5.72. The van der Waals surface area contributed by atoms with Crippen LogP contribution in [-0.4, -0.2) is 35.0 Å². The number of hydrogen-bond acceptors (Lipinski definition) is 5. The van der Waals surface area contributed by atoms with Gasteiger partial charge in [-0.15, -0.1) is 0 Å². The predicted molar refractivity (Wildman–Crippen MR) is 67.3 cm³/mol. The highest BCUT2D eigenvalue weighted by Gasteiger charge is 2.40. The summed E-state index contributed by atoms with van der Waals surface area (Å²) in [6.07, 6.45) is 5.84. The third-order valence-corrected chi connectivity index (χ3v) is 3.69. The molecule has 18 heavy (non-hydrogen) atoms. The zero-order chi connectivity index (χ0) is 12.4. The van der Waals surface area contributed by atoms with Crippen molar-refractivity contribution < 1.29 is 9.47 Å². The van der Waals surface area contributed by atoms with E-state index in [2.05, 4.69) is 15.3 Å². The monoisotopic (exact) mass is 249 g/mol. The Kier molecular flexibility index (Phi) is 3.18. The van der Waals surface area contributed by atoms with E-state index in [1.807, 2.05) is 13.0 Å². The van der Waals surface area contributed by atoms with Gasteiger partial charge in [-0.3, -0.25) is 0 Å². The molecule has 1 saturated carbocycles. The molecule has 3 rings (SSSR count). The van der Waals surface area contributed by atoms with Gasteiger partial charge in [0.05, 0.1) is 13.2 Å². The molecule has 0 amide bonds. The molecule has 1 aromatic heterocycles. The van der Waals surface area contributed by atoms with Crippen molar-refractivity contribution in [1.29, 1.82) is 0 Å². The van der Waals surface area contributed by atoms with Crippen LogP contribution in [0.25, 0.3) is 0 Å². The number of anilines is 1. The molecule has 2 aliphatic rings. The normalized spacial score (nSPS) is 23.4. The van der Waals surface area contributed by atoms with Crippen molar-refractivity contribution in [2.24, 2.45) is 0 Å². The second-order valence-electron chi connectivity index (χ2n) is 5.02. The Bertz CT molecular complexity index is 408. The summed E-state index contributed by atoms with van der Waals surface area (Å²) >= 11 is 0. The summed E-state index contributed by atoms with van der Waals surface area (Å²) in [4.78, 5) is 8.47. The number of nitrogens with one attached hydrogen (secondary N) is 1. The number of ether oxygens (including phenoxy) is 2. The largest absolute Gasteiger partial charge is 0.367 e. The van der Waals surface area contributed by atoms with Crippen LogP contribution in [0.15, 0.2) is 12.3 Å². The smallest absolute Gasteiger partial charge is 0.168 e. The topological polar surface area (TPSA) is 56.3 Å².